The summed E-state index contributed by atoms with van der Waals surface area (Å²) < 4.78 is 3.25. The molecule has 1 aliphatic heterocycles. The van der Waals surface area contributed by atoms with Gasteiger partial charge in [0.25, 0.3) is 0 Å². The van der Waals surface area contributed by atoms with Crippen molar-refractivity contribution >= 4 is 28.4 Å². The quantitative estimate of drug-likeness (QED) is 0.675. The molecule has 0 saturated carbocycles. The third-order valence-electron chi connectivity index (χ3n) is 2.91. The highest BCUT2D eigenvalue weighted by molar-refractivity contribution is 14.1. The number of carbonyl (C=O) groups excluding carboxylic acids is 1. The van der Waals surface area contributed by atoms with Crippen molar-refractivity contribution in [1.29, 1.82) is 0 Å². The molecule has 2 heterocycles. The number of Topliss-reactive ketones (excluding diaryl/α,β-unsaturated/α-hetero) is 1. The Hall–Kier alpha value is -0.320. The van der Waals surface area contributed by atoms with E-state index in [1.165, 1.54) is 0 Å². The molecule has 76 valence electrons. The fourth-order valence-electron chi connectivity index (χ4n) is 2.00. The van der Waals surface area contributed by atoms with Crippen LogP contribution in [0.15, 0.2) is 12.3 Å². The van der Waals surface area contributed by atoms with Crippen molar-refractivity contribution in [2.75, 3.05) is 0 Å². The van der Waals surface area contributed by atoms with E-state index in [0.29, 0.717) is 0 Å². The van der Waals surface area contributed by atoms with Crippen LogP contribution in [-0.4, -0.2) is 10.4 Å². The van der Waals surface area contributed by atoms with E-state index in [2.05, 4.69) is 33.4 Å². The van der Waals surface area contributed by atoms with Crippen LogP contribution in [0.4, 0.5) is 0 Å². The minimum atomic E-state index is -0.185. The van der Waals surface area contributed by atoms with E-state index in [4.69, 9.17) is 0 Å². The number of ketones is 1. The second-order valence-corrected chi connectivity index (χ2v) is 5.80. The Morgan fingerprint density at radius 3 is 2.93 bits per heavy atom. The zero-order valence-corrected chi connectivity index (χ0v) is 10.7. The summed E-state index contributed by atoms with van der Waals surface area (Å²) in [5.41, 5.74) is 0.701. The third kappa shape index (κ3) is 1.62. The van der Waals surface area contributed by atoms with Gasteiger partial charge in [0, 0.05) is 21.7 Å². The van der Waals surface area contributed by atoms with Crippen LogP contribution >= 0.6 is 22.6 Å². The number of hydrogen-bond acceptors (Lipinski definition) is 1. The number of carbonyl (C=O) groups is 1. The molecule has 1 aromatic rings. The Labute approximate surface area is 97.8 Å². The fourth-order valence-corrected chi connectivity index (χ4v) is 2.63. The van der Waals surface area contributed by atoms with Gasteiger partial charge >= 0.3 is 0 Å². The van der Waals surface area contributed by atoms with Crippen molar-refractivity contribution in [2.45, 2.75) is 33.2 Å². The number of fused-ring (bicyclic) bond motifs is 1. The lowest BCUT2D eigenvalue weighted by atomic mass is 9.83. The van der Waals surface area contributed by atoms with E-state index in [9.17, 15) is 4.79 Å². The van der Waals surface area contributed by atoms with Crippen LogP contribution < -0.4 is 0 Å². The minimum absolute atomic E-state index is 0.185. The largest absolute Gasteiger partial charge is 0.344 e. The Kier molecular flexibility index (Phi) is 2.45. The average Bonchev–Trinajstić information content (AvgIpc) is 2.41. The average molecular weight is 303 g/mol. The summed E-state index contributed by atoms with van der Waals surface area (Å²) in [5, 5.41) is 0. The molecule has 0 unspecified atom stereocenters. The zero-order valence-electron chi connectivity index (χ0n) is 8.51. The van der Waals surface area contributed by atoms with Gasteiger partial charge in [0.15, 0.2) is 5.78 Å². The molecule has 0 radical (unpaired) electrons. The van der Waals surface area contributed by atoms with Gasteiger partial charge in [-0.2, -0.15) is 0 Å². The van der Waals surface area contributed by atoms with E-state index in [0.717, 1.165) is 28.7 Å². The predicted octanol–water partition coefficient (Wildman–Crippen LogP) is 3.10. The Bertz CT molecular complexity index is 379. The van der Waals surface area contributed by atoms with Gasteiger partial charge in [-0.1, -0.05) is 13.8 Å². The van der Waals surface area contributed by atoms with Crippen molar-refractivity contribution in [3.05, 3.63) is 21.5 Å². The monoisotopic (exact) mass is 303 g/mol. The van der Waals surface area contributed by atoms with Crippen molar-refractivity contribution in [3.8, 4) is 0 Å². The molecular formula is C11H14INO. The van der Waals surface area contributed by atoms with Gasteiger partial charge < -0.3 is 4.57 Å². The van der Waals surface area contributed by atoms with Gasteiger partial charge in [0.1, 0.15) is 0 Å². The molecule has 2 rings (SSSR count). The molecule has 2 nitrogen and oxygen atoms in total. The highest BCUT2D eigenvalue weighted by Gasteiger charge is 2.32. The highest BCUT2D eigenvalue weighted by Crippen LogP contribution is 2.31. The maximum atomic E-state index is 12.1. The lowest BCUT2D eigenvalue weighted by Crippen LogP contribution is -2.23. The molecule has 1 aliphatic rings. The Morgan fingerprint density at radius 2 is 2.21 bits per heavy atom. The van der Waals surface area contributed by atoms with Gasteiger partial charge in [-0.15, -0.1) is 0 Å². The SMILES string of the molecule is CC1(C)CCCn2cc(I)cc2C1=O. The van der Waals surface area contributed by atoms with E-state index < -0.39 is 0 Å². The number of hydrogen-bond donors (Lipinski definition) is 0. The number of rotatable bonds is 0. The number of halogens is 1. The fraction of sp³-hybridized carbons (Fsp3) is 0.545. The molecule has 0 spiro atoms. The van der Waals surface area contributed by atoms with E-state index in [-0.39, 0.29) is 11.2 Å². The number of nitrogens with zero attached hydrogens (tertiary/aromatic N) is 1. The van der Waals surface area contributed by atoms with Crippen LogP contribution in [0.1, 0.15) is 37.2 Å². The van der Waals surface area contributed by atoms with Gasteiger partial charge in [0.05, 0.1) is 5.69 Å². The van der Waals surface area contributed by atoms with Gasteiger partial charge in [0.2, 0.25) is 0 Å². The van der Waals surface area contributed by atoms with Crippen LogP contribution in [-0.2, 0) is 6.54 Å². The minimum Gasteiger partial charge on any atom is -0.344 e. The topological polar surface area (TPSA) is 22.0 Å². The summed E-state index contributed by atoms with van der Waals surface area (Å²) in [5.74, 6) is 0.290. The summed E-state index contributed by atoms with van der Waals surface area (Å²) in [6.07, 6.45) is 4.15. The van der Waals surface area contributed by atoms with Crippen LogP contribution in [0.5, 0.6) is 0 Å². The zero-order chi connectivity index (χ0) is 10.3. The first-order valence-electron chi connectivity index (χ1n) is 4.91. The Morgan fingerprint density at radius 1 is 1.50 bits per heavy atom. The molecule has 0 aromatic carbocycles. The summed E-state index contributed by atoms with van der Waals surface area (Å²) in [6, 6.07) is 2.00. The van der Waals surface area contributed by atoms with Crippen LogP contribution in [0.2, 0.25) is 0 Å². The molecule has 0 bridgehead atoms. The molecule has 3 heteroatoms. The van der Waals surface area contributed by atoms with Crippen molar-refractivity contribution < 1.29 is 4.79 Å². The molecule has 0 amide bonds. The first-order valence-corrected chi connectivity index (χ1v) is 5.99. The number of aromatic nitrogens is 1. The molecule has 0 fully saturated rings. The van der Waals surface area contributed by atoms with Crippen LogP contribution in [0, 0.1) is 8.99 Å². The van der Waals surface area contributed by atoms with Gasteiger partial charge in [-0.25, -0.2) is 0 Å². The second kappa shape index (κ2) is 3.36. The van der Waals surface area contributed by atoms with E-state index in [1.54, 1.807) is 0 Å². The first-order chi connectivity index (χ1) is 6.50. The number of aryl methyl sites for hydroxylation is 1. The molecular weight excluding hydrogens is 289 g/mol. The lowest BCUT2D eigenvalue weighted by Gasteiger charge is -2.19. The first kappa shape index (κ1) is 10.2. The van der Waals surface area contributed by atoms with Gasteiger partial charge in [-0.05, 0) is 41.5 Å². The maximum Gasteiger partial charge on any atom is 0.184 e. The summed E-state index contributed by atoms with van der Waals surface area (Å²) in [7, 11) is 0. The smallest absolute Gasteiger partial charge is 0.184 e. The standard InChI is InChI=1S/C11H14INO/c1-11(2)4-3-5-13-7-8(12)6-9(13)10(11)14/h6-7H,3-5H2,1-2H3. The van der Waals surface area contributed by atoms with Crippen molar-refractivity contribution in [2.24, 2.45) is 5.41 Å². The Balaban J connectivity index is 2.49. The van der Waals surface area contributed by atoms with Crippen molar-refractivity contribution in [3.63, 3.8) is 0 Å². The predicted molar refractivity (Wildman–Crippen MR) is 64.5 cm³/mol. The normalized spacial score (nSPS) is 20.4. The van der Waals surface area contributed by atoms with Crippen molar-refractivity contribution in [1.82, 2.24) is 4.57 Å². The van der Waals surface area contributed by atoms with E-state index >= 15 is 0 Å². The maximum absolute atomic E-state index is 12.1. The lowest BCUT2D eigenvalue weighted by molar-refractivity contribution is 0.0827. The highest BCUT2D eigenvalue weighted by atomic mass is 127. The van der Waals surface area contributed by atoms with Crippen LogP contribution in [0.3, 0.4) is 0 Å². The molecule has 0 aliphatic carbocycles. The van der Waals surface area contributed by atoms with Crippen LogP contribution in [0.25, 0.3) is 0 Å². The summed E-state index contributed by atoms with van der Waals surface area (Å²) in [6.45, 7) is 5.07. The molecule has 0 saturated heterocycles. The van der Waals surface area contributed by atoms with E-state index in [1.807, 2.05) is 19.9 Å². The molecule has 14 heavy (non-hydrogen) atoms. The molecule has 0 atom stereocenters. The van der Waals surface area contributed by atoms with Gasteiger partial charge in [-0.3, -0.25) is 4.79 Å². The molecule has 1 aromatic heterocycles. The second-order valence-electron chi connectivity index (χ2n) is 4.55. The molecule has 0 N–H and O–H groups in total. The summed E-state index contributed by atoms with van der Waals surface area (Å²) in [4.78, 5) is 12.1. The summed E-state index contributed by atoms with van der Waals surface area (Å²) >= 11 is 2.26. The third-order valence-corrected chi connectivity index (χ3v) is 3.50.